The van der Waals surface area contributed by atoms with Gasteiger partial charge in [-0.15, -0.1) is 11.5 Å². The summed E-state index contributed by atoms with van der Waals surface area (Å²) in [4.78, 5) is 23.6. The molecular formula is C26H33NO3Si. The van der Waals surface area contributed by atoms with Crippen molar-refractivity contribution in [3.8, 4) is 11.5 Å². The van der Waals surface area contributed by atoms with E-state index in [1.54, 1.807) is 20.8 Å². The Balaban J connectivity index is 2.54. The number of esters is 1. The van der Waals surface area contributed by atoms with Crippen LogP contribution in [-0.4, -0.2) is 32.1 Å². The summed E-state index contributed by atoms with van der Waals surface area (Å²) in [7, 11) is -2.55. The number of hydrogen-bond acceptors (Lipinski definition) is 3. The van der Waals surface area contributed by atoms with Gasteiger partial charge in [-0.05, 0) is 36.2 Å². The van der Waals surface area contributed by atoms with Gasteiger partial charge in [0.25, 0.3) is 0 Å². The molecule has 2 aromatic carbocycles. The van der Waals surface area contributed by atoms with E-state index in [0.717, 1.165) is 0 Å². The standard InChI is InChI=1S/C26H33NO3Si/c1-25(2,3)30-24(29)23(27-20-28)18-13-19-31(26(4,5)6,21-14-9-7-10-15-21)22-16-11-8-12-17-22/h7-12,14-17,20,23H,18H2,1-6H3,(H,27,28). The van der Waals surface area contributed by atoms with Crippen molar-refractivity contribution in [1.29, 1.82) is 0 Å². The maximum absolute atomic E-state index is 12.5. The van der Waals surface area contributed by atoms with E-state index in [1.165, 1.54) is 10.4 Å². The third-order valence-electron chi connectivity index (χ3n) is 5.08. The van der Waals surface area contributed by atoms with Gasteiger partial charge in [-0.2, -0.15) is 0 Å². The molecule has 0 aliphatic heterocycles. The van der Waals surface area contributed by atoms with Crippen molar-refractivity contribution in [1.82, 2.24) is 5.32 Å². The number of carbonyl (C=O) groups excluding carboxylic acids is 2. The monoisotopic (exact) mass is 435 g/mol. The van der Waals surface area contributed by atoms with Crippen LogP contribution in [0.5, 0.6) is 0 Å². The minimum absolute atomic E-state index is 0.109. The zero-order valence-electron chi connectivity index (χ0n) is 19.4. The van der Waals surface area contributed by atoms with Crippen LogP contribution in [0.1, 0.15) is 48.0 Å². The smallest absolute Gasteiger partial charge is 0.330 e. The maximum atomic E-state index is 12.5. The molecule has 1 unspecified atom stereocenters. The summed E-state index contributed by atoms with van der Waals surface area (Å²) in [6.45, 7) is 12.1. The van der Waals surface area contributed by atoms with E-state index in [0.29, 0.717) is 6.41 Å². The summed E-state index contributed by atoms with van der Waals surface area (Å²) in [6.07, 6.45) is 0.719. The molecular weight excluding hydrogens is 402 g/mol. The van der Waals surface area contributed by atoms with Crippen molar-refractivity contribution >= 4 is 30.8 Å². The topological polar surface area (TPSA) is 55.4 Å². The maximum Gasteiger partial charge on any atom is 0.330 e. The van der Waals surface area contributed by atoms with Crippen LogP contribution in [0.2, 0.25) is 5.04 Å². The number of benzene rings is 2. The number of carbonyl (C=O) groups is 2. The minimum Gasteiger partial charge on any atom is -0.458 e. The predicted molar refractivity (Wildman–Crippen MR) is 129 cm³/mol. The molecule has 0 aliphatic carbocycles. The van der Waals surface area contributed by atoms with E-state index in [1.807, 2.05) is 36.4 Å². The predicted octanol–water partition coefficient (Wildman–Crippen LogP) is 3.44. The SMILES string of the molecule is CC(C)(C)OC(=O)C(CC#C[Si](c1ccccc1)(c1ccccc1)C(C)(C)C)NC=O. The highest BCUT2D eigenvalue weighted by Crippen LogP contribution is 2.35. The molecule has 1 amide bonds. The first-order chi connectivity index (χ1) is 14.5. The molecule has 0 aromatic heterocycles. The van der Waals surface area contributed by atoms with Gasteiger partial charge in [-0.1, -0.05) is 81.4 Å². The molecule has 2 rings (SSSR count). The molecule has 0 fully saturated rings. The van der Waals surface area contributed by atoms with Crippen molar-refractivity contribution in [2.24, 2.45) is 0 Å². The van der Waals surface area contributed by atoms with E-state index in [9.17, 15) is 9.59 Å². The number of hydrogen-bond donors (Lipinski definition) is 1. The molecule has 0 aliphatic rings. The second-order valence-electron chi connectivity index (χ2n) is 9.61. The van der Waals surface area contributed by atoms with Gasteiger partial charge in [0, 0.05) is 6.42 Å². The molecule has 4 nitrogen and oxygen atoms in total. The molecule has 0 saturated carbocycles. The first-order valence-corrected chi connectivity index (χ1v) is 12.5. The molecule has 1 atom stereocenters. The Kier molecular flexibility index (Phi) is 7.86. The van der Waals surface area contributed by atoms with Crippen LogP contribution in [0.4, 0.5) is 0 Å². The van der Waals surface area contributed by atoms with Crippen LogP contribution >= 0.6 is 0 Å². The number of rotatable bonds is 6. The Morgan fingerprint density at radius 1 is 0.968 bits per heavy atom. The summed E-state index contributed by atoms with van der Waals surface area (Å²) in [5, 5.41) is 4.90. The molecule has 1 N–H and O–H groups in total. The zero-order chi connectivity index (χ0) is 23.1. The van der Waals surface area contributed by atoms with Gasteiger partial charge in [0.05, 0.1) is 0 Å². The fourth-order valence-electron chi connectivity index (χ4n) is 3.69. The van der Waals surface area contributed by atoms with Gasteiger partial charge in [0.2, 0.25) is 14.5 Å². The lowest BCUT2D eigenvalue weighted by Crippen LogP contribution is -2.63. The van der Waals surface area contributed by atoms with Crippen molar-refractivity contribution in [2.75, 3.05) is 0 Å². The third-order valence-corrected chi connectivity index (χ3v) is 10.3. The normalized spacial score (nSPS) is 12.8. The lowest BCUT2D eigenvalue weighted by atomic mass is 10.1. The lowest BCUT2D eigenvalue weighted by molar-refractivity contribution is -0.157. The zero-order valence-corrected chi connectivity index (χ0v) is 20.4. The molecule has 0 saturated heterocycles. The molecule has 164 valence electrons. The first kappa shape index (κ1) is 24.4. The van der Waals surface area contributed by atoms with E-state index in [-0.39, 0.29) is 11.5 Å². The Hall–Kier alpha value is -2.84. The van der Waals surface area contributed by atoms with Crippen molar-refractivity contribution in [3.05, 3.63) is 60.7 Å². The van der Waals surface area contributed by atoms with Crippen LogP contribution in [0.3, 0.4) is 0 Å². The highest BCUT2D eigenvalue weighted by atomic mass is 28.3. The quantitative estimate of drug-likeness (QED) is 0.327. The van der Waals surface area contributed by atoms with Gasteiger partial charge in [0.15, 0.2) is 0 Å². The third kappa shape index (κ3) is 6.08. The van der Waals surface area contributed by atoms with E-state index in [2.05, 4.69) is 61.8 Å². The molecule has 5 heteroatoms. The van der Waals surface area contributed by atoms with Crippen molar-refractivity contribution in [3.63, 3.8) is 0 Å². The van der Waals surface area contributed by atoms with Gasteiger partial charge in [0.1, 0.15) is 11.6 Å². The van der Waals surface area contributed by atoms with E-state index < -0.39 is 25.7 Å². The van der Waals surface area contributed by atoms with Gasteiger partial charge >= 0.3 is 5.97 Å². The average molecular weight is 436 g/mol. The molecule has 31 heavy (non-hydrogen) atoms. The molecule has 0 heterocycles. The molecule has 0 bridgehead atoms. The van der Waals surface area contributed by atoms with Crippen LogP contribution in [0.15, 0.2) is 60.7 Å². The van der Waals surface area contributed by atoms with Crippen LogP contribution < -0.4 is 15.7 Å². The highest BCUT2D eigenvalue weighted by Gasteiger charge is 2.47. The summed E-state index contributed by atoms with van der Waals surface area (Å²) in [6, 6.07) is 20.0. The largest absolute Gasteiger partial charge is 0.458 e. The van der Waals surface area contributed by atoms with Crippen LogP contribution in [0.25, 0.3) is 0 Å². The summed E-state index contributed by atoms with van der Waals surface area (Å²) in [5.74, 6) is 2.80. The second-order valence-corrected chi connectivity index (χ2v) is 14.0. The van der Waals surface area contributed by atoms with Gasteiger partial charge < -0.3 is 10.1 Å². The van der Waals surface area contributed by atoms with Gasteiger partial charge in [-0.3, -0.25) is 4.79 Å². The first-order valence-electron chi connectivity index (χ1n) is 10.5. The lowest BCUT2D eigenvalue weighted by Gasteiger charge is -2.39. The summed E-state index contributed by atoms with van der Waals surface area (Å²) < 4.78 is 5.45. The van der Waals surface area contributed by atoms with E-state index in [4.69, 9.17) is 4.74 Å². The fourth-order valence-corrected chi connectivity index (χ4v) is 8.17. The Morgan fingerprint density at radius 3 is 1.84 bits per heavy atom. The Labute approximate surface area is 187 Å². The van der Waals surface area contributed by atoms with Crippen molar-refractivity contribution in [2.45, 2.75) is 64.6 Å². The average Bonchev–Trinajstić information content (AvgIpc) is 2.69. The van der Waals surface area contributed by atoms with Crippen molar-refractivity contribution < 1.29 is 14.3 Å². The minimum atomic E-state index is -2.55. The molecule has 0 spiro atoms. The summed E-state index contributed by atoms with van der Waals surface area (Å²) in [5.41, 5.74) is 3.00. The van der Waals surface area contributed by atoms with Crippen LogP contribution in [-0.2, 0) is 14.3 Å². The fraction of sp³-hybridized carbons (Fsp3) is 0.385. The Morgan fingerprint density at radius 2 is 1.45 bits per heavy atom. The van der Waals surface area contributed by atoms with Crippen LogP contribution in [0, 0.1) is 11.5 Å². The second kappa shape index (κ2) is 9.98. The summed E-state index contributed by atoms with van der Waals surface area (Å²) >= 11 is 0. The number of amides is 1. The van der Waals surface area contributed by atoms with Gasteiger partial charge in [-0.25, -0.2) is 4.79 Å². The molecule has 2 aromatic rings. The Bertz CT molecular complexity index is 892. The number of ether oxygens (including phenoxy) is 1. The number of nitrogens with one attached hydrogen (secondary N) is 1. The highest BCUT2D eigenvalue weighted by molar-refractivity contribution is 7.10. The molecule has 0 radical (unpaired) electrons. The van der Waals surface area contributed by atoms with E-state index >= 15 is 0 Å².